The number of carbonyl (C=O) groups is 1. The number of ether oxygens (including phenoxy) is 1. The highest BCUT2D eigenvalue weighted by molar-refractivity contribution is 5.76. The molecule has 1 amide bonds. The number of nitrogens with zero attached hydrogens (tertiary/aromatic N) is 1. The first-order chi connectivity index (χ1) is 8.87. The van der Waals surface area contributed by atoms with E-state index in [1.165, 1.54) is 0 Å². The second-order valence-electron chi connectivity index (χ2n) is 5.29. The highest BCUT2D eigenvalue weighted by Crippen LogP contribution is 2.38. The Morgan fingerprint density at radius 3 is 2.68 bits per heavy atom. The highest BCUT2D eigenvalue weighted by atomic mass is 19.4. The van der Waals surface area contributed by atoms with Crippen molar-refractivity contribution in [1.29, 1.82) is 0 Å². The molecule has 7 heteroatoms. The minimum absolute atomic E-state index is 0.0361. The van der Waals surface area contributed by atoms with Crippen LogP contribution in [0, 0.1) is 11.8 Å². The molecule has 110 valence electrons. The van der Waals surface area contributed by atoms with Crippen molar-refractivity contribution in [2.75, 3.05) is 26.3 Å². The van der Waals surface area contributed by atoms with Gasteiger partial charge < -0.3 is 14.7 Å². The van der Waals surface area contributed by atoms with Gasteiger partial charge in [-0.15, -0.1) is 0 Å². The van der Waals surface area contributed by atoms with E-state index in [4.69, 9.17) is 0 Å². The summed E-state index contributed by atoms with van der Waals surface area (Å²) < 4.78 is 39.9. The van der Waals surface area contributed by atoms with Crippen molar-refractivity contribution in [1.82, 2.24) is 4.90 Å². The number of halogens is 3. The normalized spacial score (nSPS) is 30.7. The van der Waals surface area contributed by atoms with Crippen molar-refractivity contribution in [2.24, 2.45) is 11.8 Å². The molecule has 1 saturated carbocycles. The first-order valence-corrected chi connectivity index (χ1v) is 6.47. The molecule has 0 radical (unpaired) electrons. The zero-order chi connectivity index (χ0) is 14.0. The van der Waals surface area contributed by atoms with Crippen LogP contribution in [0.15, 0.2) is 0 Å². The average molecular weight is 281 g/mol. The molecule has 0 spiro atoms. The van der Waals surface area contributed by atoms with Crippen LogP contribution in [0.5, 0.6) is 0 Å². The molecule has 2 rings (SSSR count). The largest absolute Gasteiger partial charge is 0.411 e. The molecule has 0 aromatic rings. The van der Waals surface area contributed by atoms with E-state index in [9.17, 15) is 23.1 Å². The fourth-order valence-electron chi connectivity index (χ4n) is 2.95. The zero-order valence-electron chi connectivity index (χ0n) is 10.5. The third-order valence-corrected chi connectivity index (χ3v) is 3.90. The van der Waals surface area contributed by atoms with E-state index >= 15 is 0 Å². The number of rotatable bonds is 4. The van der Waals surface area contributed by atoms with Gasteiger partial charge in [0.05, 0.1) is 19.1 Å². The molecular formula is C12H18F3NO3. The van der Waals surface area contributed by atoms with E-state index in [0.29, 0.717) is 19.0 Å². The molecular weight excluding hydrogens is 263 g/mol. The van der Waals surface area contributed by atoms with Crippen molar-refractivity contribution < 1.29 is 27.8 Å². The summed E-state index contributed by atoms with van der Waals surface area (Å²) in [7, 11) is 0. The van der Waals surface area contributed by atoms with Crippen molar-refractivity contribution >= 4 is 5.91 Å². The van der Waals surface area contributed by atoms with Gasteiger partial charge in [-0.1, -0.05) is 0 Å². The Hall–Kier alpha value is -0.820. The molecule has 3 unspecified atom stereocenters. The molecule has 2 fully saturated rings. The van der Waals surface area contributed by atoms with Gasteiger partial charge in [0.25, 0.3) is 0 Å². The molecule has 1 N–H and O–H groups in total. The van der Waals surface area contributed by atoms with E-state index < -0.39 is 12.8 Å². The molecule has 1 aliphatic heterocycles. The second-order valence-corrected chi connectivity index (χ2v) is 5.29. The summed E-state index contributed by atoms with van der Waals surface area (Å²) in [5.74, 6) is 0.291. The lowest BCUT2D eigenvalue weighted by molar-refractivity contribution is -0.175. The van der Waals surface area contributed by atoms with Gasteiger partial charge in [0, 0.05) is 19.0 Å². The quantitative estimate of drug-likeness (QED) is 0.787. The molecule has 2 aliphatic rings. The molecule has 1 heterocycles. The fraction of sp³-hybridized carbons (Fsp3) is 0.917. The molecule has 19 heavy (non-hydrogen) atoms. The van der Waals surface area contributed by atoms with Crippen molar-refractivity contribution in [2.45, 2.75) is 31.5 Å². The molecule has 0 bridgehead atoms. The Labute approximate surface area is 109 Å². The van der Waals surface area contributed by atoms with Crippen molar-refractivity contribution in [3.8, 4) is 0 Å². The average Bonchev–Trinajstić information content (AvgIpc) is 2.86. The van der Waals surface area contributed by atoms with E-state index in [0.717, 1.165) is 12.8 Å². The lowest BCUT2D eigenvalue weighted by Crippen LogP contribution is -2.32. The first kappa shape index (κ1) is 14.6. The maximum atomic E-state index is 11.8. The summed E-state index contributed by atoms with van der Waals surface area (Å²) in [4.78, 5) is 13.4. The summed E-state index contributed by atoms with van der Waals surface area (Å²) in [5, 5.41) is 9.71. The number of fused-ring (bicyclic) bond motifs is 1. The van der Waals surface area contributed by atoms with E-state index in [-0.39, 0.29) is 31.0 Å². The number of amides is 1. The Morgan fingerprint density at radius 2 is 2.05 bits per heavy atom. The van der Waals surface area contributed by atoms with E-state index in [1.807, 2.05) is 0 Å². The van der Waals surface area contributed by atoms with Crippen molar-refractivity contribution in [3.05, 3.63) is 0 Å². The number of likely N-dealkylation sites (tertiary alicyclic amines) is 1. The summed E-state index contributed by atoms with van der Waals surface area (Å²) in [5.41, 5.74) is 0. The summed E-state index contributed by atoms with van der Waals surface area (Å²) in [6, 6.07) is 0. The number of aliphatic hydroxyl groups is 1. The number of aliphatic hydroxyl groups excluding tert-OH is 1. The maximum absolute atomic E-state index is 11.8. The number of carbonyl (C=O) groups excluding carboxylic acids is 1. The van der Waals surface area contributed by atoms with Gasteiger partial charge in [0.15, 0.2) is 0 Å². The highest BCUT2D eigenvalue weighted by Gasteiger charge is 2.43. The van der Waals surface area contributed by atoms with Gasteiger partial charge in [-0.25, -0.2) is 0 Å². The fourth-order valence-corrected chi connectivity index (χ4v) is 2.95. The zero-order valence-corrected chi connectivity index (χ0v) is 10.5. The predicted molar refractivity (Wildman–Crippen MR) is 60.3 cm³/mol. The van der Waals surface area contributed by atoms with Crippen LogP contribution in [0.2, 0.25) is 0 Å². The molecule has 0 aromatic heterocycles. The smallest absolute Gasteiger partial charge is 0.393 e. The van der Waals surface area contributed by atoms with Crippen LogP contribution in [0.1, 0.15) is 19.3 Å². The van der Waals surface area contributed by atoms with Crippen LogP contribution >= 0.6 is 0 Å². The van der Waals surface area contributed by atoms with Crippen LogP contribution in [0.4, 0.5) is 13.2 Å². The lowest BCUT2D eigenvalue weighted by atomic mass is 10.00. The minimum atomic E-state index is -4.35. The minimum Gasteiger partial charge on any atom is -0.393 e. The second kappa shape index (κ2) is 5.66. The summed E-state index contributed by atoms with van der Waals surface area (Å²) >= 11 is 0. The van der Waals surface area contributed by atoms with Crippen molar-refractivity contribution in [3.63, 3.8) is 0 Å². The van der Waals surface area contributed by atoms with E-state index in [2.05, 4.69) is 4.74 Å². The summed E-state index contributed by atoms with van der Waals surface area (Å²) in [6.45, 7) is -0.402. The molecule has 3 atom stereocenters. The van der Waals surface area contributed by atoms with Crippen LogP contribution < -0.4 is 0 Å². The third-order valence-electron chi connectivity index (χ3n) is 3.90. The Morgan fingerprint density at radius 1 is 1.32 bits per heavy atom. The first-order valence-electron chi connectivity index (χ1n) is 6.47. The predicted octanol–water partition coefficient (Wildman–Crippen LogP) is 1.18. The van der Waals surface area contributed by atoms with Crippen LogP contribution in [-0.2, 0) is 9.53 Å². The molecule has 1 saturated heterocycles. The maximum Gasteiger partial charge on any atom is 0.411 e. The van der Waals surface area contributed by atoms with Gasteiger partial charge >= 0.3 is 6.18 Å². The number of alkyl halides is 3. The number of hydrogen-bond acceptors (Lipinski definition) is 3. The SMILES string of the molecule is O=C(CCOCC(F)(F)F)N1CC2CCC(O)C2C1. The number of hydrogen-bond donors (Lipinski definition) is 1. The Kier molecular flexibility index (Phi) is 4.35. The topological polar surface area (TPSA) is 49.8 Å². The van der Waals surface area contributed by atoms with Gasteiger partial charge in [0.2, 0.25) is 5.91 Å². The van der Waals surface area contributed by atoms with Crippen LogP contribution in [0.3, 0.4) is 0 Å². The van der Waals surface area contributed by atoms with Crippen LogP contribution in [0.25, 0.3) is 0 Å². The molecule has 0 aromatic carbocycles. The molecule has 1 aliphatic carbocycles. The van der Waals surface area contributed by atoms with Gasteiger partial charge in [0.1, 0.15) is 6.61 Å². The summed E-state index contributed by atoms with van der Waals surface area (Å²) in [6.07, 6.45) is -3.03. The van der Waals surface area contributed by atoms with Gasteiger partial charge in [-0.2, -0.15) is 13.2 Å². The van der Waals surface area contributed by atoms with Gasteiger partial charge in [-0.3, -0.25) is 4.79 Å². The lowest BCUT2D eigenvalue weighted by Gasteiger charge is -2.18. The monoisotopic (exact) mass is 281 g/mol. The Balaban J connectivity index is 1.68. The van der Waals surface area contributed by atoms with Crippen LogP contribution in [-0.4, -0.2) is 54.5 Å². The standard InChI is InChI=1S/C12H18F3NO3/c13-12(14,15)7-19-4-3-11(18)16-5-8-1-2-10(17)9(8)6-16/h8-10,17H,1-7H2. The Bertz CT molecular complexity index is 335. The third kappa shape index (κ3) is 3.82. The molecule has 4 nitrogen and oxygen atoms in total. The van der Waals surface area contributed by atoms with Gasteiger partial charge in [-0.05, 0) is 18.8 Å². The van der Waals surface area contributed by atoms with E-state index in [1.54, 1.807) is 4.90 Å².